The van der Waals surface area contributed by atoms with Crippen LogP contribution in [0.25, 0.3) is 0 Å². The Labute approximate surface area is 128 Å². The van der Waals surface area contributed by atoms with Crippen LogP contribution in [0.2, 0.25) is 0 Å². The quantitative estimate of drug-likeness (QED) is 0.606. The van der Waals surface area contributed by atoms with Gasteiger partial charge in [0.15, 0.2) is 0 Å². The highest BCUT2D eigenvalue weighted by molar-refractivity contribution is 6.00. The lowest BCUT2D eigenvalue weighted by Crippen LogP contribution is -2.26. The fraction of sp³-hybridized carbons (Fsp3) is 0.588. The van der Waals surface area contributed by atoms with Crippen molar-refractivity contribution in [1.29, 1.82) is 0 Å². The van der Waals surface area contributed by atoms with Crippen molar-refractivity contribution < 1.29 is 4.79 Å². The molecule has 1 amide bonds. The Morgan fingerprint density at radius 3 is 2.57 bits per heavy atom. The van der Waals surface area contributed by atoms with E-state index in [1.807, 2.05) is 13.0 Å². The first kappa shape index (κ1) is 17.3. The molecule has 0 heterocycles. The summed E-state index contributed by atoms with van der Waals surface area (Å²) in [5, 5.41) is 6.37. The van der Waals surface area contributed by atoms with Crippen molar-refractivity contribution in [1.82, 2.24) is 5.32 Å². The van der Waals surface area contributed by atoms with E-state index in [1.54, 1.807) is 12.1 Å². The number of rotatable bonds is 9. The molecule has 21 heavy (non-hydrogen) atoms. The van der Waals surface area contributed by atoms with E-state index in [0.717, 1.165) is 24.9 Å². The second kappa shape index (κ2) is 9.27. The van der Waals surface area contributed by atoms with Crippen LogP contribution in [0.5, 0.6) is 0 Å². The summed E-state index contributed by atoms with van der Waals surface area (Å²) in [5.41, 5.74) is 8.07. The van der Waals surface area contributed by atoms with Gasteiger partial charge in [0, 0.05) is 24.0 Å². The van der Waals surface area contributed by atoms with Crippen molar-refractivity contribution in [3.05, 3.63) is 23.8 Å². The number of nitrogens with one attached hydrogen (secondary N) is 2. The average Bonchev–Trinajstić information content (AvgIpc) is 2.45. The SMILES string of the molecule is CCCCC(CCC)Nc1cc(N)ccc1C(=O)NCC. The van der Waals surface area contributed by atoms with E-state index in [4.69, 9.17) is 5.73 Å². The van der Waals surface area contributed by atoms with Crippen LogP contribution < -0.4 is 16.4 Å². The highest BCUT2D eigenvalue weighted by Crippen LogP contribution is 2.22. The summed E-state index contributed by atoms with van der Waals surface area (Å²) in [4.78, 5) is 12.1. The zero-order chi connectivity index (χ0) is 15.7. The number of nitrogen functional groups attached to an aromatic ring is 1. The van der Waals surface area contributed by atoms with Gasteiger partial charge in [-0.15, -0.1) is 0 Å². The van der Waals surface area contributed by atoms with Gasteiger partial charge < -0.3 is 16.4 Å². The van der Waals surface area contributed by atoms with Crippen LogP contribution in [0, 0.1) is 0 Å². The van der Waals surface area contributed by atoms with E-state index in [9.17, 15) is 4.79 Å². The fourth-order valence-corrected chi connectivity index (χ4v) is 2.44. The van der Waals surface area contributed by atoms with Crippen LogP contribution in [-0.4, -0.2) is 18.5 Å². The molecule has 1 aromatic carbocycles. The van der Waals surface area contributed by atoms with Crippen molar-refractivity contribution in [3.8, 4) is 0 Å². The van der Waals surface area contributed by atoms with Crippen molar-refractivity contribution in [2.24, 2.45) is 0 Å². The van der Waals surface area contributed by atoms with Gasteiger partial charge in [-0.3, -0.25) is 4.79 Å². The molecule has 0 saturated carbocycles. The molecule has 1 aromatic rings. The van der Waals surface area contributed by atoms with Gasteiger partial charge in [0.2, 0.25) is 0 Å². The molecule has 0 bridgehead atoms. The maximum atomic E-state index is 12.1. The molecule has 1 unspecified atom stereocenters. The van der Waals surface area contributed by atoms with Crippen LogP contribution in [0.4, 0.5) is 11.4 Å². The number of carbonyl (C=O) groups excluding carboxylic acids is 1. The van der Waals surface area contributed by atoms with Gasteiger partial charge in [-0.1, -0.05) is 33.1 Å². The van der Waals surface area contributed by atoms with Crippen LogP contribution >= 0.6 is 0 Å². The van der Waals surface area contributed by atoms with Crippen molar-refractivity contribution in [2.75, 3.05) is 17.6 Å². The summed E-state index contributed by atoms with van der Waals surface area (Å²) in [6, 6.07) is 5.83. The van der Waals surface area contributed by atoms with E-state index in [-0.39, 0.29) is 5.91 Å². The molecule has 4 nitrogen and oxygen atoms in total. The molecule has 0 saturated heterocycles. The van der Waals surface area contributed by atoms with Gasteiger partial charge in [0.1, 0.15) is 0 Å². The Balaban J connectivity index is 2.92. The molecule has 0 aromatic heterocycles. The number of carbonyl (C=O) groups is 1. The first-order chi connectivity index (χ1) is 10.1. The minimum absolute atomic E-state index is 0.0502. The molecule has 0 radical (unpaired) electrons. The standard InChI is InChI=1S/C17H29N3O/c1-4-7-9-14(8-5-2)20-16-12-13(18)10-11-15(16)17(21)19-6-3/h10-12,14,20H,4-9,18H2,1-3H3,(H,19,21). The number of hydrogen-bond acceptors (Lipinski definition) is 3. The van der Waals surface area contributed by atoms with Crippen molar-refractivity contribution in [3.63, 3.8) is 0 Å². The Bertz CT molecular complexity index is 446. The van der Waals surface area contributed by atoms with Gasteiger partial charge in [0.05, 0.1) is 5.56 Å². The molecule has 0 aliphatic carbocycles. The molecule has 0 spiro atoms. The first-order valence-electron chi connectivity index (χ1n) is 8.06. The topological polar surface area (TPSA) is 67.1 Å². The molecule has 118 valence electrons. The maximum absolute atomic E-state index is 12.1. The Morgan fingerprint density at radius 1 is 1.19 bits per heavy atom. The maximum Gasteiger partial charge on any atom is 0.253 e. The molecule has 1 rings (SSSR count). The lowest BCUT2D eigenvalue weighted by molar-refractivity contribution is 0.0956. The smallest absolute Gasteiger partial charge is 0.253 e. The van der Waals surface area contributed by atoms with Gasteiger partial charge >= 0.3 is 0 Å². The van der Waals surface area contributed by atoms with E-state index in [0.29, 0.717) is 23.8 Å². The minimum atomic E-state index is -0.0502. The minimum Gasteiger partial charge on any atom is -0.399 e. The Morgan fingerprint density at radius 2 is 1.95 bits per heavy atom. The van der Waals surface area contributed by atoms with Gasteiger partial charge in [-0.25, -0.2) is 0 Å². The van der Waals surface area contributed by atoms with E-state index >= 15 is 0 Å². The number of amides is 1. The third kappa shape index (κ3) is 5.66. The zero-order valence-electron chi connectivity index (χ0n) is 13.5. The molecule has 0 aliphatic heterocycles. The summed E-state index contributed by atoms with van der Waals surface area (Å²) in [7, 11) is 0. The zero-order valence-corrected chi connectivity index (χ0v) is 13.5. The molecular formula is C17H29N3O. The van der Waals surface area contributed by atoms with E-state index in [1.165, 1.54) is 12.8 Å². The summed E-state index contributed by atoms with van der Waals surface area (Å²) < 4.78 is 0. The van der Waals surface area contributed by atoms with E-state index < -0.39 is 0 Å². The van der Waals surface area contributed by atoms with Crippen molar-refractivity contribution >= 4 is 17.3 Å². The number of benzene rings is 1. The number of hydrogen-bond donors (Lipinski definition) is 3. The van der Waals surface area contributed by atoms with Crippen LogP contribution in [0.15, 0.2) is 18.2 Å². The number of nitrogens with two attached hydrogens (primary N) is 1. The lowest BCUT2D eigenvalue weighted by atomic mass is 10.0. The highest BCUT2D eigenvalue weighted by Gasteiger charge is 2.14. The normalized spacial score (nSPS) is 12.0. The van der Waals surface area contributed by atoms with Crippen LogP contribution in [-0.2, 0) is 0 Å². The first-order valence-corrected chi connectivity index (χ1v) is 8.06. The van der Waals surface area contributed by atoms with Crippen LogP contribution in [0.3, 0.4) is 0 Å². The third-order valence-electron chi connectivity index (χ3n) is 3.53. The average molecular weight is 291 g/mol. The highest BCUT2D eigenvalue weighted by atomic mass is 16.1. The molecular weight excluding hydrogens is 262 g/mol. The Kier molecular flexibility index (Phi) is 7.65. The molecule has 0 aliphatic rings. The fourth-order valence-electron chi connectivity index (χ4n) is 2.44. The Hall–Kier alpha value is -1.71. The molecule has 1 atom stereocenters. The van der Waals surface area contributed by atoms with Crippen LogP contribution in [0.1, 0.15) is 63.2 Å². The second-order valence-corrected chi connectivity index (χ2v) is 5.44. The molecule has 4 heteroatoms. The third-order valence-corrected chi connectivity index (χ3v) is 3.53. The van der Waals surface area contributed by atoms with E-state index in [2.05, 4.69) is 24.5 Å². The number of unbranched alkanes of at least 4 members (excludes halogenated alkanes) is 1. The largest absolute Gasteiger partial charge is 0.399 e. The van der Waals surface area contributed by atoms with Gasteiger partial charge in [-0.05, 0) is 38.0 Å². The molecule has 0 fully saturated rings. The predicted molar refractivity (Wildman–Crippen MR) is 90.7 cm³/mol. The van der Waals surface area contributed by atoms with Gasteiger partial charge in [0.25, 0.3) is 5.91 Å². The summed E-state index contributed by atoms with van der Waals surface area (Å²) in [5.74, 6) is -0.0502. The summed E-state index contributed by atoms with van der Waals surface area (Å²) in [6.07, 6.45) is 5.72. The number of anilines is 2. The second-order valence-electron chi connectivity index (χ2n) is 5.44. The predicted octanol–water partition coefficient (Wildman–Crippen LogP) is 3.79. The van der Waals surface area contributed by atoms with Gasteiger partial charge in [-0.2, -0.15) is 0 Å². The summed E-state index contributed by atoms with van der Waals surface area (Å²) >= 11 is 0. The lowest BCUT2D eigenvalue weighted by Gasteiger charge is -2.21. The van der Waals surface area contributed by atoms with Crippen molar-refractivity contribution in [2.45, 2.75) is 58.9 Å². The summed E-state index contributed by atoms with van der Waals surface area (Å²) in [6.45, 7) is 6.93. The molecule has 4 N–H and O–H groups in total. The monoisotopic (exact) mass is 291 g/mol.